The van der Waals surface area contributed by atoms with Gasteiger partial charge in [-0.05, 0) is 24.8 Å². The Hall–Kier alpha value is -1.27. The van der Waals surface area contributed by atoms with Crippen LogP contribution in [0.4, 0.5) is 0 Å². The van der Waals surface area contributed by atoms with Crippen molar-refractivity contribution in [2.24, 2.45) is 0 Å². The van der Waals surface area contributed by atoms with E-state index < -0.39 is 0 Å². The van der Waals surface area contributed by atoms with Crippen molar-refractivity contribution in [3.05, 3.63) is 34.0 Å². The molecule has 2 amide bonds. The third-order valence-corrected chi connectivity index (χ3v) is 5.20. The van der Waals surface area contributed by atoms with Crippen molar-refractivity contribution in [1.82, 2.24) is 10.2 Å². The van der Waals surface area contributed by atoms with Gasteiger partial charge in [-0.1, -0.05) is 19.1 Å². The van der Waals surface area contributed by atoms with Crippen molar-refractivity contribution in [1.29, 1.82) is 0 Å². The van der Waals surface area contributed by atoms with Gasteiger partial charge in [-0.25, -0.2) is 0 Å². The molecule has 0 saturated carbocycles. The van der Waals surface area contributed by atoms with Crippen molar-refractivity contribution in [2.75, 3.05) is 11.6 Å². The van der Waals surface area contributed by atoms with E-state index in [9.17, 15) is 9.59 Å². The Morgan fingerprint density at radius 1 is 1.52 bits per heavy atom. The summed E-state index contributed by atoms with van der Waals surface area (Å²) in [7, 11) is 0. The van der Waals surface area contributed by atoms with Gasteiger partial charge in [-0.2, -0.15) is 0 Å². The molecule has 0 aliphatic carbocycles. The zero-order valence-electron chi connectivity index (χ0n) is 12.3. The Morgan fingerprint density at radius 2 is 2.33 bits per heavy atom. The fourth-order valence-corrected chi connectivity index (χ4v) is 3.98. The van der Waals surface area contributed by atoms with Crippen molar-refractivity contribution >= 4 is 34.9 Å². The lowest BCUT2D eigenvalue weighted by Crippen LogP contribution is -2.47. The number of nitrogens with zero attached hydrogens (tertiary/aromatic N) is 1. The van der Waals surface area contributed by atoms with Gasteiger partial charge >= 0.3 is 0 Å². The highest BCUT2D eigenvalue weighted by Crippen LogP contribution is 2.23. The summed E-state index contributed by atoms with van der Waals surface area (Å²) in [5.41, 5.74) is 0.719. The summed E-state index contributed by atoms with van der Waals surface area (Å²) in [6.45, 7) is 4.35. The molecule has 0 bridgehead atoms. The number of hydrogen-bond donors (Lipinski definition) is 1. The fourth-order valence-electron chi connectivity index (χ4n) is 2.19. The average Bonchev–Trinajstić information content (AvgIpc) is 3.15. The summed E-state index contributed by atoms with van der Waals surface area (Å²) in [5.74, 6) is 1.16. The molecule has 1 aromatic heterocycles. The zero-order valence-corrected chi connectivity index (χ0v) is 13.9. The molecule has 0 aromatic carbocycles. The summed E-state index contributed by atoms with van der Waals surface area (Å²) in [6, 6.07) is 3.60. The van der Waals surface area contributed by atoms with Crippen molar-refractivity contribution in [3.63, 3.8) is 0 Å². The van der Waals surface area contributed by atoms with E-state index in [1.165, 1.54) is 0 Å². The van der Waals surface area contributed by atoms with Gasteiger partial charge in [0, 0.05) is 16.2 Å². The van der Waals surface area contributed by atoms with E-state index >= 15 is 0 Å². The molecule has 6 heteroatoms. The van der Waals surface area contributed by atoms with Crippen LogP contribution in [-0.2, 0) is 16.1 Å². The number of carbonyl (C=O) groups is 2. The van der Waals surface area contributed by atoms with Crippen molar-refractivity contribution in [2.45, 2.75) is 32.9 Å². The van der Waals surface area contributed by atoms with E-state index in [0.717, 1.165) is 16.9 Å². The van der Waals surface area contributed by atoms with Gasteiger partial charge in [0.15, 0.2) is 0 Å². The standard InChI is InChI=1S/C15H20N2O2S2/c1-3-5-11(2)15(19)17-10-20-9-13(17)14(18)16-8-12-6-4-7-21-12/h4-7,13H,3,8-10H2,1-2H3,(H,16,18)/b11-5-/t13-/m0/s1. The number of thiophene rings is 1. The summed E-state index contributed by atoms with van der Waals surface area (Å²) in [5, 5.41) is 4.92. The quantitative estimate of drug-likeness (QED) is 0.847. The molecule has 0 spiro atoms. The highest BCUT2D eigenvalue weighted by molar-refractivity contribution is 7.99. The van der Waals surface area contributed by atoms with Crippen LogP contribution in [0.1, 0.15) is 25.1 Å². The Labute approximate surface area is 133 Å². The minimum atomic E-state index is -0.359. The smallest absolute Gasteiger partial charge is 0.250 e. The lowest BCUT2D eigenvalue weighted by atomic mass is 10.2. The largest absolute Gasteiger partial charge is 0.349 e. The third-order valence-electron chi connectivity index (χ3n) is 3.31. The maximum absolute atomic E-state index is 12.3. The molecule has 4 nitrogen and oxygen atoms in total. The average molecular weight is 324 g/mol. The maximum atomic E-state index is 12.3. The van der Waals surface area contributed by atoms with Gasteiger partial charge in [0.25, 0.3) is 5.91 Å². The van der Waals surface area contributed by atoms with E-state index in [1.807, 2.05) is 37.4 Å². The van der Waals surface area contributed by atoms with Gasteiger partial charge < -0.3 is 10.2 Å². The molecule has 0 radical (unpaired) electrons. The Kier molecular flexibility index (Phi) is 5.87. The predicted molar refractivity (Wildman–Crippen MR) is 88.2 cm³/mol. The van der Waals surface area contributed by atoms with Crippen molar-refractivity contribution in [3.8, 4) is 0 Å². The van der Waals surface area contributed by atoms with E-state index in [-0.39, 0.29) is 17.9 Å². The van der Waals surface area contributed by atoms with E-state index in [1.54, 1.807) is 28.0 Å². The maximum Gasteiger partial charge on any atom is 0.250 e. The summed E-state index contributed by atoms with van der Waals surface area (Å²) < 4.78 is 0. The van der Waals surface area contributed by atoms with E-state index in [0.29, 0.717) is 18.2 Å². The molecular formula is C15H20N2O2S2. The molecule has 1 aliphatic rings. The first-order valence-corrected chi connectivity index (χ1v) is 9.02. The Morgan fingerprint density at radius 3 is 3.00 bits per heavy atom. The number of rotatable bonds is 5. The SMILES string of the molecule is CC/C=C(/C)C(=O)N1CSC[C@H]1C(=O)NCc1cccs1. The van der Waals surface area contributed by atoms with E-state index in [4.69, 9.17) is 0 Å². The van der Waals surface area contributed by atoms with Crippen LogP contribution in [0.15, 0.2) is 29.2 Å². The molecule has 1 aliphatic heterocycles. The van der Waals surface area contributed by atoms with Gasteiger partial charge in [-0.3, -0.25) is 9.59 Å². The molecule has 1 N–H and O–H groups in total. The summed E-state index contributed by atoms with van der Waals surface area (Å²) in [4.78, 5) is 27.4. The molecule has 1 atom stereocenters. The number of nitrogens with one attached hydrogen (secondary N) is 1. The first-order valence-electron chi connectivity index (χ1n) is 6.99. The molecule has 2 rings (SSSR count). The van der Waals surface area contributed by atoms with Gasteiger partial charge in [0.2, 0.25) is 5.91 Å². The van der Waals surface area contributed by atoms with E-state index in [2.05, 4.69) is 5.32 Å². The molecule has 21 heavy (non-hydrogen) atoms. The van der Waals surface area contributed by atoms with Gasteiger partial charge in [0.1, 0.15) is 6.04 Å². The Balaban J connectivity index is 1.96. The molecular weight excluding hydrogens is 304 g/mol. The molecule has 2 heterocycles. The first-order chi connectivity index (χ1) is 10.1. The zero-order chi connectivity index (χ0) is 15.2. The van der Waals surface area contributed by atoms with Crippen LogP contribution in [-0.4, -0.2) is 34.4 Å². The molecule has 114 valence electrons. The van der Waals surface area contributed by atoms with Crippen LogP contribution in [0, 0.1) is 0 Å². The third kappa shape index (κ3) is 4.11. The topological polar surface area (TPSA) is 49.4 Å². The minimum Gasteiger partial charge on any atom is -0.349 e. The lowest BCUT2D eigenvalue weighted by Gasteiger charge is -2.23. The van der Waals surface area contributed by atoms with Crippen LogP contribution in [0.2, 0.25) is 0 Å². The second-order valence-corrected chi connectivity index (χ2v) is 6.92. The lowest BCUT2D eigenvalue weighted by molar-refractivity contribution is -0.135. The van der Waals surface area contributed by atoms with Gasteiger partial charge in [-0.15, -0.1) is 23.1 Å². The number of amides is 2. The monoisotopic (exact) mass is 324 g/mol. The highest BCUT2D eigenvalue weighted by atomic mass is 32.2. The second kappa shape index (κ2) is 7.66. The predicted octanol–water partition coefficient (Wildman–Crippen LogP) is 2.62. The first kappa shape index (κ1) is 16.1. The second-order valence-electron chi connectivity index (χ2n) is 4.88. The number of carbonyl (C=O) groups excluding carboxylic acids is 2. The number of thioether (sulfide) groups is 1. The summed E-state index contributed by atoms with van der Waals surface area (Å²) >= 11 is 3.24. The molecule has 1 saturated heterocycles. The number of allylic oxidation sites excluding steroid dienone is 1. The van der Waals surface area contributed by atoms with Crippen LogP contribution in [0.3, 0.4) is 0 Å². The van der Waals surface area contributed by atoms with Crippen LogP contribution in [0.25, 0.3) is 0 Å². The molecule has 1 fully saturated rings. The van der Waals surface area contributed by atoms with Crippen molar-refractivity contribution < 1.29 is 9.59 Å². The molecule has 1 aromatic rings. The highest BCUT2D eigenvalue weighted by Gasteiger charge is 2.34. The van der Waals surface area contributed by atoms with Gasteiger partial charge in [0.05, 0.1) is 12.4 Å². The normalized spacial score (nSPS) is 18.9. The van der Waals surface area contributed by atoms with Crippen LogP contribution >= 0.6 is 23.1 Å². The van der Waals surface area contributed by atoms with Crippen LogP contribution in [0.5, 0.6) is 0 Å². The number of hydrogen-bond acceptors (Lipinski definition) is 4. The van der Waals surface area contributed by atoms with Crippen LogP contribution < -0.4 is 5.32 Å². The summed E-state index contributed by atoms with van der Waals surface area (Å²) in [6.07, 6.45) is 2.74. The molecule has 0 unspecified atom stereocenters. The Bertz CT molecular complexity index is 526. The minimum absolute atomic E-state index is 0.0295. The fraction of sp³-hybridized carbons (Fsp3) is 0.467.